The number of piperazine rings is 1. The highest BCUT2D eigenvalue weighted by atomic mass is 16.2. The van der Waals surface area contributed by atoms with Crippen molar-refractivity contribution in [1.29, 1.82) is 0 Å². The highest BCUT2D eigenvalue weighted by Crippen LogP contribution is 2.18. The Morgan fingerprint density at radius 2 is 1.74 bits per heavy atom. The van der Waals surface area contributed by atoms with Crippen LogP contribution in [0.3, 0.4) is 0 Å². The molecule has 1 amide bonds. The summed E-state index contributed by atoms with van der Waals surface area (Å²) in [6.07, 6.45) is 7.15. The first-order chi connectivity index (χ1) is 11.2. The van der Waals surface area contributed by atoms with Gasteiger partial charge in [0.1, 0.15) is 0 Å². The van der Waals surface area contributed by atoms with Gasteiger partial charge in [-0.05, 0) is 32.0 Å². The van der Waals surface area contributed by atoms with Crippen molar-refractivity contribution in [3.8, 4) is 0 Å². The number of nitrogens with zero attached hydrogens (tertiary/aromatic N) is 4. The molecular weight excluding hydrogens is 290 g/mol. The third-order valence-corrected chi connectivity index (χ3v) is 4.90. The van der Waals surface area contributed by atoms with Gasteiger partial charge in [0, 0.05) is 32.2 Å². The zero-order valence-electron chi connectivity index (χ0n) is 14.0. The molecule has 1 N–H and O–H groups in total. The summed E-state index contributed by atoms with van der Waals surface area (Å²) in [4.78, 5) is 16.8. The molecule has 2 heterocycles. The molecule has 23 heavy (non-hydrogen) atoms. The summed E-state index contributed by atoms with van der Waals surface area (Å²) < 4.78 is 0. The topological polar surface area (TPSA) is 61.4 Å². The Kier molecular flexibility index (Phi) is 5.43. The van der Waals surface area contributed by atoms with Crippen molar-refractivity contribution in [3.63, 3.8) is 0 Å². The van der Waals surface area contributed by atoms with E-state index in [1.54, 1.807) is 6.07 Å². The van der Waals surface area contributed by atoms with Crippen molar-refractivity contribution in [3.05, 3.63) is 17.8 Å². The lowest BCUT2D eigenvalue weighted by Crippen LogP contribution is -2.45. The number of anilines is 1. The van der Waals surface area contributed by atoms with Gasteiger partial charge in [-0.2, -0.15) is 0 Å². The molecule has 0 atom stereocenters. The second-order valence-corrected chi connectivity index (χ2v) is 6.73. The smallest absolute Gasteiger partial charge is 0.272 e. The van der Waals surface area contributed by atoms with E-state index >= 15 is 0 Å². The zero-order chi connectivity index (χ0) is 16.1. The highest BCUT2D eigenvalue weighted by molar-refractivity contribution is 5.92. The number of carbonyl (C=O) groups excluding carboxylic acids is 1. The lowest BCUT2D eigenvalue weighted by Gasteiger charge is -2.32. The van der Waals surface area contributed by atoms with Gasteiger partial charge in [-0.1, -0.05) is 25.7 Å². The van der Waals surface area contributed by atoms with E-state index in [1.807, 2.05) is 6.07 Å². The number of aromatic nitrogens is 2. The van der Waals surface area contributed by atoms with Crippen LogP contribution in [0.5, 0.6) is 0 Å². The van der Waals surface area contributed by atoms with Gasteiger partial charge < -0.3 is 15.1 Å². The van der Waals surface area contributed by atoms with Crippen LogP contribution in [-0.2, 0) is 0 Å². The van der Waals surface area contributed by atoms with E-state index in [0.29, 0.717) is 11.7 Å². The summed E-state index contributed by atoms with van der Waals surface area (Å²) in [5.41, 5.74) is 0.423. The fourth-order valence-electron chi connectivity index (χ4n) is 3.33. The summed E-state index contributed by atoms with van der Waals surface area (Å²) in [7, 11) is 2.13. The van der Waals surface area contributed by atoms with E-state index in [4.69, 9.17) is 0 Å². The molecule has 1 aromatic heterocycles. The van der Waals surface area contributed by atoms with Crippen LogP contribution in [0, 0.1) is 0 Å². The second-order valence-electron chi connectivity index (χ2n) is 6.73. The van der Waals surface area contributed by atoms with Gasteiger partial charge >= 0.3 is 0 Å². The molecule has 0 aromatic carbocycles. The van der Waals surface area contributed by atoms with Crippen LogP contribution in [0.25, 0.3) is 0 Å². The maximum absolute atomic E-state index is 12.3. The van der Waals surface area contributed by atoms with Gasteiger partial charge in [0.05, 0.1) is 0 Å². The normalized spacial score (nSPS) is 21.0. The van der Waals surface area contributed by atoms with Gasteiger partial charge in [0.2, 0.25) is 0 Å². The van der Waals surface area contributed by atoms with Gasteiger partial charge in [-0.15, -0.1) is 10.2 Å². The standard InChI is InChI=1S/C17H27N5O/c1-21-10-12-22(13-11-21)16-9-8-15(19-20-16)17(23)18-14-6-4-2-3-5-7-14/h8-9,14H,2-7,10-13H2,1H3,(H,18,23). The minimum Gasteiger partial charge on any atom is -0.353 e. The predicted molar refractivity (Wildman–Crippen MR) is 90.7 cm³/mol. The molecule has 0 spiro atoms. The Morgan fingerprint density at radius 3 is 2.35 bits per heavy atom. The molecule has 2 aliphatic rings. The molecule has 0 bridgehead atoms. The third-order valence-electron chi connectivity index (χ3n) is 4.90. The fraction of sp³-hybridized carbons (Fsp3) is 0.706. The van der Waals surface area contributed by atoms with Crippen molar-refractivity contribution >= 4 is 11.7 Å². The Labute approximate surface area is 138 Å². The summed E-state index contributed by atoms with van der Waals surface area (Å²) in [6, 6.07) is 4.01. The first-order valence-corrected chi connectivity index (χ1v) is 8.80. The first-order valence-electron chi connectivity index (χ1n) is 8.80. The molecule has 126 valence electrons. The number of amides is 1. The first kappa shape index (κ1) is 16.2. The molecule has 1 aliphatic heterocycles. The van der Waals surface area contributed by atoms with Crippen molar-refractivity contribution in [2.45, 2.75) is 44.6 Å². The molecule has 0 unspecified atom stereocenters. The van der Waals surface area contributed by atoms with E-state index in [9.17, 15) is 4.79 Å². The number of rotatable bonds is 3. The van der Waals surface area contributed by atoms with Crippen molar-refractivity contribution in [1.82, 2.24) is 20.4 Å². The summed E-state index contributed by atoms with van der Waals surface area (Å²) >= 11 is 0. The molecule has 1 aromatic rings. The van der Waals surface area contributed by atoms with Gasteiger partial charge in [-0.25, -0.2) is 0 Å². The number of carbonyl (C=O) groups is 1. The molecule has 6 heteroatoms. The quantitative estimate of drug-likeness (QED) is 0.860. The molecule has 1 saturated heterocycles. The van der Waals surface area contributed by atoms with Gasteiger partial charge in [-0.3, -0.25) is 4.79 Å². The molecular formula is C17H27N5O. The van der Waals surface area contributed by atoms with E-state index < -0.39 is 0 Å². The Hall–Kier alpha value is -1.69. The van der Waals surface area contributed by atoms with Crippen molar-refractivity contribution in [2.24, 2.45) is 0 Å². The van der Waals surface area contributed by atoms with Crippen molar-refractivity contribution < 1.29 is 4.79 Å². The third kappa shape index (κ3) is 4.41. The molecule has 3 rings (SSSR count). The molecule has 2 fully saturated rings. The molecule has 6 nitrogen and oxygen atoms in total. The summed E-state index contributed by atoms with van der Waals surface area (Å²) in [5.74, 6) is 0.776. The SMILES string of the molecule is CN1CCN(c2ccc(C(=O)NC3CCCCCC3)nn2)CC1. The van der Waals surface area contributed by atoms with Crippen LogP contribution in [0.4, 0.5) is 5.82 Å². The van der Waals surface area contributed by atoms with Gasteiger partial charge in [0.15, 0.2) is 11.5 Å². The highest BCUT2D eigenvalue weighted by Gasteiger charge is 2.19. The van der Waals surface area contributed by atoms with E-state index in [-0.39, 0.29) is 5.91 Å². The molecule has 1 aliphatic carbocycles. The number of likely N-dealkylation sites (N-methyl/N-ethyl adjacent to an activating group) is 1. The monoisotopic (exact) mass is 317 g/mol. The van der Waals surface area contributed by atoms with Crippen LogP contribution >= 0.6 is 0 Å². The fourth-order valence-corrected chi connectivity index (χ4v) is 3.33. The number of hydrogen-bond donors (Lipinski definition) is 1. The minimum atomic E-state index is -0.0886. The van der Waals surface area contributed by atoms with Crippen LogP contribution < -0.4 is 10.2 Å². The predicted octanol–water partition coefficient (Wildman–Crippen LogP) is 1.68. The van der Waals surface area contributed by atoms with E-state index in [2.05, 4.69) is 32.4 Å². The average Bonchev–Trinajstić information content (AvgIpc) is 2.84. The van der Waals surface area contributed by atoms with Gasteiger partial charge in [0.25, 0.3) is 5.91 Å². The lowest BCUT2D eigenvalue weighted by molar-refractivity contribution is 0.0927. The van der Waals surface area contributed by atoms with Crippen LogP contribution in [-0.4, -0.2) is 60.3 Å². The number of nitrogens with one attached hydrogen (secondary N) is 1. The largest absolute Gasteiger partial charge is 0.353 e. The van der Waals surface area contributed by atoms with Crippen LogP contribution in [0.1, 0.15) is 49.0 Å². The van der Waals surface area contributed by atoms with Crippen LogP contribution in [0.15, 0.2) is 12.1 Å². The minimum absolute atomic E-state index is 0.0886. The zero-order valence-corrected chi connectivity index (χ0v) is 14.0. The maximum Gasteiger partial charge on any atom is 0.272 e. The van der Waals surface area contributed by atoms with Crippen molar-refractivity contribution in [2.75, 3.05) is 38.1 Å². The number of hydrogen-bond acceptors (Lipinski definition) is 5. The Balaban J connectivity index is 1.56. The molecule has 0 radical (unpaired) electrons. The average molecular weight is 317 g/mol. The van der Waals surface area contributed by atoms with E-state index in [1.165, 1.54) is 25.7 Å². The Bertz CT molecular complexity index is 502. The van der Waals surface area contributed by atoms with E-state index in [0.717, 1.165) is 44.8 Å². The molecule has 1 saturated carbocycles. The Morgan fingerprint density at radius 1 is 1.04 bits per heavy atom. The van der Waals surface area contributed by atoms with Crippen LogP contribution in [0.2, 0.25) is 0 Å². The second kappa shape index (κ2) is 7.73. The maximum atomic E-state index is 12.3. The summed E-state index contributed by atoms with van der Waals surface area (Å²) in [5, 5.41) is 11.5. The lowest BCUT2D eigenvalue weighted by atomic mass is 10.1. The summed E-state index contributed by atoms with van der Waals surface area (Å²) in [6.45, 7) is 3.98.